The van der Waals surface area contributed by atoms with E-state index in [1.54, 1.807) is 0 Å². The highest BCUT2D eigenvalue weighted by Gasteiger charge is 2.17. The average Bonchev–Trinajstić information content (AvgIpc) is 2.01. The van der Waals surface area contributed by atoms with Gasteiger partial charge < -0.3 is 0 Å². The average molecular weight is 165 g/mol. The standard InChI is InChI=1S/C11H19N/c1-5-6-11-7-10(3)12(4)8-9(11)2/h5-6,10H,7-8H2,1-4H3/b6-5-. The van der Waals surface area contributed by atoms with Gasteiger partial charge in [0.05, 0.1) is 0 Å². The zero-order valence-electron chi connectivity index (χ0n) is 8.59. The van der Waals surface area contributed by atoms with Gasteiger partial charge in [0.25, 0.3) is 0 Å². The molecule has 1 nitrogen and oxygen atoms in total. The second-order valence-corrected chi connectivity index (χ2v) is 3.77. The van der Waals surface area contributed by atoms with E-state index in [9.17, 15) is 0 Å². The lowest BCUT2D eigenvalue weighted by Gasteiger charge is -2.31. The molecule has 1 heterocycles. The highest BCUT2D eigenvalue weighted by atomic mass is 15.1. The first-order valence-corrected chi connectivity index (χ1v) is 4.66. The Hall–Kier alpha value is -0.560. The highest BCUT2D eigenvalue weighted by Crippen LogP contribution is 2.22. The van der Waals surface area contributed by atoms with E-state index in [0.717, 1.165) is 6.54 Å². The van der Waals surface area contributed by atoms with Gasteiger partial charge in [0.15, 0.2) is 0 Å². The van der Waals surface area contributed by atoms with Crippen LogP contribution in [0.15, 0.2) is 23.3 Å². The van der Waals surface area contributed by atoms with Crippen molar-refractivity contribution in [3.63, 3.8) is 0 Å². The third-order valence-electron chi connectivity index (χ3n) is 2.67. The van der Waals surface area contributed by atoms with Crippen molar-refractivity contribution in [1.29, 1.82) is 0 Å². The maximum atomic E-state index is 2.41. The van der Waals surface area contributed by atoms with E-state index in [-0.39, 0.29) is 0 Å². The summed E-state index contributed by atoms with van der Waals surface area (Å²) in [5, 5.41) is 0. The summed E-state index contributed by atoms with van der Waals surface area (Å²) in [6, 6.07) is 0.694. The number of hydrogen-bond acceptors (Lipinski definition) is 1. The molecule has 1 heteroatoms. The van der Waals surface area contributed by atoms with Crippen LogP contribution in [0, 0.1) is 0 Å². The Morgan fingerprint density at radius 2 is 2.17 bits per heavy atom. The summed E-state index contributed by atoms with van der Waals surface area (Å²) < 4.78 is 0. The van der Waals surface area contributed by atoms with Crippen molar-refractivity contribution in [1.82, 2.24) is 4.90 Å². The van der Waals surface area contributed by atoms with Gasteiger partial charge in [-0.1, -0.05) is 17.7 Å². The Labute approximate surface area is 75.8 Å². The lowest BCUT2D eigenvalue weighted by Crippen LogP contribution is -2.34. The van der Waals surface area contributed by atoms with E-state index in [0.29, 0.717) is 6.04 Å². The monoisotopic (exact) mass is 165 g/mol. The van der Waals surface area contributed by atoms with Gasteiger partial charge in [-0.25, -0.2) is 0 Å². The Morgan fingerprint density at radius 1 is 1.50 bits per heavy atom. The van der Waals surface area contributed by atoms with Crippen LogP contribution in [-0.4, -0.2) is 24.5 Å². The fourth-order valence-corrected chi connectivity index (χ4v) is 1.69. The molecule has 0 N–H and O–H groups in total. The molecule has 0 aromatic heterocycles. The number of nitrogens with zero attached hydrogens (tertiary/aromatic N) is 1. The van der Waals surface area contributed by atoms with Crippen molar-refractivity contribution in [2.45, 2.75) is 33.2 Å². The minimum Gasteiger partial charge on any atom is -0.299 e. The van der Waals surface area contributed by atoms with Crippen LogP contribution in [0.3, 0.4) is 0 Å². The Balaban J connectivity index is 2.78. The van der Waals surface area contributed by atoms with Gasteiger partial charge in [-0.05, 0) is 39.8 Å². The van der Waals surface area contributed by atoms with Crippen LogP contribution in [0.1, 0.15) is 27.2 Å². The number of likely N-dealkylation sites (N-methyl/N-ethyl adjacent to an activating group) is 1. The summed E-state index contributed by atoms with van der Waals surface area (Å²) in [7, 11) is 2.20. The van der Waals surface area contributed by atoms with Gasteiger partial charge in [0, 0.05) is 12.6 Å². The zero-order valence-corrected chi connectivity index (χ0v) is 8.59. The first kappa shape index (κ1) is 9.53. The molecule has 0 amide bonds. The second kappa shape index (κ2) is 3.90. The normalized spacial score (nSPS) is 27.2. The number of rotatable bonds is 1. The summed E-state index contributed by atoms with van der Waals surface area (Å²) in [5.41, 5.74) is 3.05. The van der Waals surface area contributed by atoms with Crippen LogP contribution >= 0.6 is 0 Å². The van der Waals surface area contributed by atoms with Crippen molar-refractivity contribution in [3.05, 3.63) is 23.3 Å². The van der Waals surface area contributed by atoms with Crippen LogP contribution in [-0.2, 0) is 0 Å². The quantitative estimate of drug-likeness (QED) is 0.577. The van der Waals surface area contributed by atoms with Gasteiger partial charge in [-0.2, -0.15) is 0 Å². The molecule has 0 bridgehead atoms. The van der Waals surface area contributed by atoms with Crippen LogP contribution in [0.25, 0.3) is 0 Å². The van der Waals surface area contributed by atoms with Gasteiger partial charge in [0.1, 0.15) is 0 Å². The van der Waals surface area contributed by atoms with E-state index in [1.165, 1.54) is 17.6 Å². The predicted octanol–water partition coefficient (Wildman–Crippen LogP) is 2.60. The minimum atomic E-state index is 0.694. The molecule has 1 aliphatic rings. The second-order valence-electron chi connectivity index (χ2n) is 3.77. The van der Waals surface area contributed by atoms with E-state index < -0.39 is 0 Å². The van der Waals surface area contributed by atoms with Gasteiger partial charge in [-0.3, -0.25) is 4.90 Å². The molecule has 1 aliphatic heterocycles. The Morgan fingerprint density at radius 3 is 2.75 bits per heavy atom. The summed E-state index contributed by atoms with van der Waals surface area (Å²) >= 11 is 0. The molecule has 0 saturated carbocycles. The van der Waals surface area contributed by atoms with Crippen LogP contribution in [0.4, 0.5) is 0 Å². The predicted molar refractivity (Wildman–Crippen MR) is 54.2 cm³/mol. The topological polar surface area (TPSA) is 3.24 Å². The fourth-order valence-electron chi connectivity index (χ4n) is 1.69. The van der Waals surface area contributed by atoms with E-state index in [4.69, 9.17) is 0 Å². The largest absolute Gasteiger partial charge is 0.299 e. The minimum absolute atomic E-state index is 0.694. The molecule has 1 unspecified atom stereocenters. The maximum Gasteiger partial charge on any atom is 0.0195 e. The summed E-state index contributed by atoms with van der Waals surface area (Å²) in [5.74, 6) is 0. The third-order valence-corrected chi connectivity index (χ3v) is 2.67. The molecule has 0 aromatic carbocycles. The van der Waals surface area contributed by atoms with Gasteiger partial charge in [0.2, 0.25) is 0 Å². The van der Waals surface area contributed by atoms with E-state index in [1.807, 2.05) is 0 Å². The smallest absolute Gasteiger partial charge is 0.0195 e. The summed E-state index contributed by atoms with van der Waals surface area (Å²) in [6.07, 6.45) is 5.59. The molecule has 0 radical (unpaired) electrons. The molecular formula is C11H19N. The highest BCUT2D eigenvalue weighted by molar-refractivity contribution is 5.28. The number of hydrogen-bond donors (Lipinski definition) is 0. The van der Waals surface area contributed by atoms with Gasteiger partial charge >= 0.3 is 0 Å². The molecular weight excluding hydrogens is 146 g/mol. The number of allylic oxidation sites excluding steroid dienone is 2. The molecule has 0 fully saturated rings. The SMILES string of the molecule is C/C=C\C1=C(C)CN(C)C(C)C1. The van der Waals surface area contributed by atoms with Crippen molar-refractivity contribution < 1.29 is 0 Å². The first-order chi connectivity index (χ1) is 5.65. The van der Waals surface area contributed by atoms with Crippen molar-refractivity contribution in [2.75, 3.05) is 13.6 Å². The van der Waals surface area contributed by atoms with Crippen molar-refractivity contribution in [2.24, 2.45) is 0 Å². The fraction of sp³-hybridized carbons (Fsp3) is 0.636. The van der Waals surface area contributed by atoms with Crippen LogP contribution in [0.5, 0.6) is 0 Å². The molecule has 0 spiro atoms. The van der Waals surface area contributed by atoms with Gasteiger partial charge in [-0.15, -0.1) is 0 Å². The van der Waals surface area contributed by atoms with E-state index >= 15 is 0 Å². The van der Waals surface area contributed by atoms with Crippen LogP contribution < -0.4 is 0 Å². The molecule has 1 atom stereocenters. The molecule has 0 aromatic rings. The Kier molecular flexibility index (Phi) is 3.10. The van der Waals surface area contributed by atoms with E-state index in [2.05, 4.69) is 44.9 Å². The molecule has 1 rings (SSSR count). The lowest BCUT2D eigenvalue weighted by molar-refractivity contribution is 0.262. The third kappa shape index (κ3) is 1.98. The Bertz CT molecular complexity index is 213. The molecule has 68 valence electrons. The maximum absolute atomic E-state index is 2.41. The lowest BCUT2D eigenvalue weighted by atomic mass is 9.96. The molecule has 0 saturated heterocycles. The molecule has 0 aliphatic carbocycles. The van der Waals surface area contributed by atoms with Crippen molar-refractivity contribution in [3.8, 4) is 0 Å². The summed E-state index contributed by atoms with van der Waals surface area (Å²) in [6.45, 7) is 7.73. The zero-order chi connectivity index (χ0) is 9.14. The molecule has 12 heavy (non-hydrogen) atoms. The first-order valence-electron chi connectivity index (χ1n) is 4.66. The summed E-state index contributed by atoms with van der Waals surface area (Å²) in [4.78, 5) is 2.41. The van der Waals surface area contributed by atoms with Crippen molar-refractivity contribution >= 4 is 0 Å². The van der Waals surface area contributed by atoms with Crippen LogP contribution in [0.2, 0.25) is 0 Å².